The van der Waals surface area contributed by atoms with Crippen LogP contribution in [0.1, 0.15) is 46.4 Å². The number of nitrogens with zero attached hydrogens (tertiary/aromatic N) is 1. The Balaban J connectivity index is 1.34. The van der Waals surface area contributed by atoms with Crippen LogP contribution in [-0.4, -0.2) is 22.0 Å². The predicted molar refractivity (Wildman–Crippen MR) is 130 cm³/mol. The summed E-state index contributed by atoms with van der Waals surface area (Å²) in [5.74, 6) is -0.236. The SMILES string of the molecule is Cc1noc(-c2ccc(-c3ccc(C4(C(=O)O)CC4)cc3)cc2)c1C(=O)CCc1ccccc1. The van der Waals surface area contributed by atoms with Gasteiger partial charge in [-0.3, -0.25) is 9.59 Å². The van der Waals surface area contributed by atoms with E-state index in [-0.39, 0.29) is 5.78 Å². The highest BCUT2D eigenvalue weighted by atomic mass is 16.5. The molecule has 0 spiro atoms. The van der Waals surface area contributed by atoms with E-state index in [9.17, 15) is 14.7 Å². The average molecular weight is 452 g/mol. The molecule has 1 heterocycles. The van der Waals surface area contributed by atoms with Gasteiger partial charge in [-0.25, -0.2) is 0 Å². The number of hydrogen-bond donors (Lipinski definition) is 1. The molecule has 1 aliphatic rings. The summed E-state index contributed by atoms with van der Waals surface area (Å²) in [5, 5.41) is 13.6. The van der Waals surface area contributed by atoms with Crippen molar-refractivity contribution in [1.29, 1.82) is 0 Å². The van der Waals surface area contributed by atoms with Crippen molar-refractivity contribution < 1.29 is 19.2 Å². The summed E-state index contributed by atoms with van der Waals surface area (Å²) in [6.45, 7) is 1.79. The Kier molecular flexibility index (Phi) is 5.62. The zero-order chi connectivity index (χ0) is 23.7. The van der Waals surface area contributed by atoms with E-state index in [4.69, 9.17) is 4.52 Å². The zero-order valence-corrected chi connectivity index (χ0v) is 19.0. The predicted octanol–water partition coefficient (Wildman–Crippen LogP) is 6.25. The number of carbonyl (C=O) groups excluding carboxylic acids is 1. The second kappa shape index (κ2) is 8.75. The molecule has 0 saturated heterocycles. The number of ketones is 1. The standard InChI is InChI=1S/C29H25NO4/c1-19-26(25(31)16-7-20-5-3-2-4-6-20)27(34-30-19)23-10-8-21(9-11-23)22-12-14-24(15-13-22)29(17-18-29)28(32)33/h2-6,8-15H,7,16-18H2,1H3,(H,32,33). The Hall–Kier alpha value is -3.99. The first-order valence-corrected chi connectivity index (χ1v) is 11.5. The van der Waals surface area contributed by atoms with Crippen molar-refractivity contribution in [3.8, 4) is 22.5 Å². The third-order valence-corrected chi connectivity index (χ3v) is 6.70. The first kappa shape index (κ1) is 21.8. The Morgan fingerprint density at radius 1 is 0.882 bits per heavy atom. The molecule has 0 amide bonds. The zero-order valence-electron chi connectivity index (χ0n) is 19.0. The van der Waals surface area contributed by atoms with Crippen LogP contribution in [0.5, 0.6) is 0 Å². The fourth-order valence-electron chi connectivity index (χ4n) is 4.47. The molecule has 170 valence electrons. The van der Waals surface area contributed by atoms with Gasteiger partial charge in [0.25, 0.3) is 0 Å². The van der Waals surface area contributed by atoms with Crippen molar-refractivity contribution in [3.63, 3.8) is 0 Å². The average Bonchev–Trinajstić information content (AvgIpc) is 3.60. The number of aliphatic carboxylic acids is 1. The number of Topliss-reactive ketones (excluding diaryl/α,β-unsaturated/α-hetero) is 1. The number of carbonyl (C=O) groups is 2. The first-order chi connectivity index (χ1) is 16.5. The molecule has 1 fully saturated rings. The van der Waals surface area contributed by atoms with E-state index in [2.05, 4.69) is 5.16 Å². The molecule has 1 saturated carbocycles. The molecule has 5 rings (SSSR count). The number of benzene rings is 3. The monoisotopic (exact) mass is 451 g/mol. The highest BCUT2D eigenvalue weighted by Gasteiger charge is 2.51. The van der Waals surface area contributed by atoms with Gasteiger partial charge in [0.15, 0.2) is 11.5 Å². The van der Waals surface area contributed by atoms with E-state index in [0.717, 1.165) is 27.8 Å². The number of aromatic nitrogens is 1. The van der Waals surface area contributed by atoms with Crippen LogP contribution in [0.4, 0.5) is 0 Å². The molecule has 1 N–H and O–H groups in total. The highest BCUT2D eigenvalue weighted by Crippen LogP contribution is 2.48. The van der Waals surface area contributed by atoms with Crippen molar-refractivity contribution in [2.24, 2.45) is 0 Å². The lowest BCUT2D eigenvalue weighted by Gasteiger charge is -2.11. The first-order valence-electron chi connectivity index (χ1n) is 11.5. The summed E-state index contributed by atoms with van der Waals surface area (Å²) in [7, 11) is 0. The summed E-state index contributed by atoms with van der Waals surface area (Å²) in [6, 6.07) is 25.5. The lowest BCUT2D eigenvalue weighted by atomic mass is 9.93. The molecule has 5 nitrogen and oxygen atoms in total. The molecule has 34 heavy (non-hydrogen) atoms. The van der Waals surface area contributed by atoms with Crippen LogP contribution in [0.25, 0.3) is 22.5 Å². The molecule has 0 aliphatic heterocycles. The molecule has 0 radical (unpaired) electrons. The van der Waals surface area contributed by atoms with Crippen molar-refractivity contribution in [2.45, 2.75) is 38.0 Å². The minimum Gasteiger partial charge on any atom is -0.481 e. The maximum atomic E-state index is 13.0. The molecular formula is C29H25NO4. The van der Waals surface area contributed by atoms with Gasteiger partial charge in [-0.15, -0.1) is 0 Å². The Labute approximate surface area is 198 Å². The Morgan fingerprint density at radius 2 is 1.47 bits per heavy atom. The Bertz CT molecular complexity index is 1330. The van der Waals surface area contributed by atoms with Gasteiger partial charge in [0, 0.05) is 12.0 Å². The van der Waals surface area contributed by atoms with Gasteiger partial charge in [-0.2, -0.15) is 0 Å². The molecule has 1 aromatic heterocycles. The van der Waals surface area contributed by atoms with Crippen molar-refractivity contribution >= 4 is 11.8 Å². The summed E-state index contributed by atoms with van der Waals surface area (Å²) in [6.07, 6.45) is 2.45. The lowest BCUT2D eigenvalue weighted by Crippen LogP contribution is -2.19. The minimum absolute atomic E-state index is 0.0182. The summed E-state index contributed by atoms with van der Waals surface area (Å²) >= 11 is 0. The van der Waals surface area contributed by atoms with Crippen LogP contribution in [0.2, 0.25) is 0 Å². The van der Waals surface area contributed by atoms with Crippen LogP contribution < -0.4 is 0 Å². The molecule has 0 bridgehead atoms. The normalized spacial score (nSPS) is 14.0. The molecule has 1 aliphatic carbocycles. The van der Waals surface area contributed by atoms with Gasteiger partial charge >= 0.3 is 5.97 Å². The van der Waals surface area contributed by atoms with Gasteiger partial charge in [0.2, 0.25) is 0 Å². The van der Waals surface area contributed by atoms with Crippen molar-refractivity contribution in [1.82, 2.24) is 5.16 Å². The number of aryl methyl sites for hydroxylation is 2. The van der Waals surface area contributed by atoms with E-state index < -0.39 is 11.4 Å². The van der Waals surface area contributed by atoms with Gasteiger partial charge in [0.05, 0.1) is 16.7 Å². The second-order valence-corrected chi connectivity index (χ2v) is 8.92. The molecule has 0 atom stereocenters. The molecule has 5 heteroatoms. The molecule has 0 unspecified atom stereocenters. The number of hydrogen-bond acceptors (Lipinski definition) is 4. The second-order valence-electron chi connectivity index (χ2n) is 8.92. The van der Waals surface area contributed by atoms with Crippen molar-refractivity contribution in [2.75, 3.05) is 0 Å². The Morgan fingerprint density at radius 3 is 2.06 bits per heavy atom. The van der Waals surface area contributed by atoms with Crippen LogP contribution >= 0.6 is 0 Å². The number of carboxylic acid groups (broad SMARTS) is 1. The number of carboxylic acids is 1. The van der Waals surface area contributed by atoms with E-state index in [1.54, 1.807) is 6.92 Å². The van der Waals surface area contributed by atoms with Crippen LogP contribution in [0.15, 0.2) is 83.4 Å². The van der Waals surface area contributed by atoms with Gasteiger partial charge in [-0.1, -0.05) is 84.0 Å². The fourth-order valence-corrected chi connectivity index (χ4v) is 4.47. The maximum absolute atomic E-state index is 13.0. The third-order valence-electron chi connectivity index (χ3n) is 6.70. The lowest BCUT2D eigenvalue weighted by molar-refractivity contribution is -0.140. The smallest absolute Gasteiger partial charge is 0.314 e. The molecule has 3 aromatic carbocycles. The summed E-state index contributed by atoms with van der Waals surface area (Å²) in [4.78, 5) is 24.6. The largest absolute Gasteiger partial charge is 0.481 e. The summed E-state index contributed by atoms with van der Waals surface area (Å²) in [5.41, 5.74) is 5.22. The number of rotatable bonds is 8. The minimum atomic E-state index is -0.749. The van der Waals surface area contributed by atoms with Crippen LogP contribution in [-0.2, 0) is 16.6 Å². The van der Waals surface area contributed by atoms with E-state index >= 15 is 0 Å². The third kappa shape index (κ3) is 4.05. The van der Waals surface area contributed by atoms with E-state index in [1.807, 2.05) is 78.9 Å². The van der Waals surface area contributed by atoms with Crippen LogP contribution in [0.3, 0.4) is 0 Å². The topological polar surface area (TPSA) is 80.4 Å². The van der Waals surface area contributed by atoms with E-state index in [0.29, 0.717) is 42.7 Å². The van der Waals surface area contributed by atoms with Gasteiger partial charge in [-0.05, 0) is 48.4 Å². The fraction of sp³-hybridized carbons (Fsp3) is 0.207. The van der Waals surface area contributed by atoms with E-state index in [1.165, 1.54) is 0 Å². The molecule has 4 aromatic rings. The summed E-state index contributed by atoms with van der Waals surface area (Å²) < 4.78 is 5.56. The van der Waals surface area contributed by atoms with Gasteiger partial charge < -0.3 is 9.63 Å². The quantitative estimate of drug-likeness (QED) is 0.320. The van der Waals surface area contributed by atoms with Gasteiger partial charge in [0.1, 0.15) is 0 Å². The molecular weight excluding hydrogens is 426 g/mol. The van der Waals surface area contributed by atoms with Crippen molar-refractivity contribution in [3.05, 3.63) is 101 Å². The van der Waals surface area contributed by atoms with Crippen LogP contribution in [0, 0.1) is 6.92 Å². The highest BCUT2D eigenvalue weighted by molar-refractivity contribution is 6.02. The maximum Gasteiger partial charge on any atom is 0.314 e.